The van der Waals surface area contributed by atoms with Crippen LogP contribution in [0.5, 0.6) is 0 Å². The summed E-state index contributed by atoms with van der Waals surface area (Å²) in [7, 11) is 2.66. The summed E-state index contributed by atoms with van der Waals surface area (Å²) in [6, 6.07) is 10.3. The highest BCUT2D eigenvalue weighted by Crippen LogP contribution is 2.32. The molecule has 0 radical (unpaired) electrons. The summed E-state index contributed by atoms with van der Waals surface area (Å²) in [5.74, 6) is -2.71. The fraction of sp³-hybridized carbons (Fsp3) is 0.250. The number of carbonyl (C=O) groups is 2. The summed E-state index contributed by atoms with van der Waals surface area (Å²) >= 11 is 0. The van der Waals surface area contributed by atoms with Gasteiger partial charge in [-0.2, -0.15) is 0 Å². The van der Waals surface area contributed by atoms with E-state index in [1.807, 2.05) is 0 Å². The molecule has 0 aliphatic rings. The van der Waals surface area contributed by atoms with Gasteiger partial charge in [-0.1, -0.05) is 33.7 Å². The second kappa shape index (κ2) is 9.29. The van der Waals surface area contributed by atoms with Crippen LogP contribution in [-0.2, 0) is 9.59 Å². The molecule has 2 atom stereocenters. The van der Waals surface area contributed by atoms with Gasteiger partial charge in [0.25, 0.3) is 0 Å². The Hall–Kier alpha value is -2.06. The normalized spacial score (nSPS) is 13.2. The molecule has 2 heterocycles. The molecule has 2 aromatic rings. The number of aromatic nitrogens is 2. The van der Waals surface area contributed by atoms with Crippen molar-refractivity contribution in [3.05, 3.63) is 60.2 Å². The van der Waals surface area contributed by atoms with Crippen molar-refractivity contribution in [2.45, 2.75) is 11.8 Å². The van der Waals surface area contributed by atoms with Gasteiger partial charge in [0.1, 0.15) is 11.8 Å². The van der Waals surface area contributed by atoms with Crippen LogP contribution in [0.3, 0.4) is 0 Å². The van der Waals surface area contributed by atoms with Gasteiger partial charge in [-0.05, 0) is 24.3 Å². The number of nitrogens with zero attached hydrogens (tertiary/aromatic N) is 2. The molecule has 0 spiro atoms. The monoisotopic (exact) mass is 364 g/mol. The minimum Gasteiger partial charge on any atom is -0.481 e. The fourth-order valence-corrected chi connectivity index (χ4v) is 4.45. The van der Waals surface area contributed by atoms with E-state index < -0.39 is 23.8 Å². The van der Waals surface area contributed by atoms with Crippen molar-refractivity contribution >= 4 is 33.5 Å². The van der Waals surface area contributed by atoms with E-state index in [2.05, 4.69) is 9.97 Å². The Kier molecular flexibility index (Phi) is 7.07. The third-order valence-electron chi connectivity index (χ3n) is 3.24. The second-order valence-corrected chi connectivity index (χ2v) is 7.41. The molecule has 24 heavy (non-hydrogen) atoms. The van der Waals surface area contributed by atoms with E-state index in [0.717, 1.165) is 0 Å². The quantitative estimate of drug-likeness (QED) is 0.517. The molecule has 0 aromatic carbocycles. The largest absolute Gasteiger partial charge is 0.481 e. The fourth-order valence-electron chi connectivity index (χ4n) is 1.96. The highest BCUT2D eigenvalue weighted by atomic mass is 33.1. The smallest absolute Gasteiger partial charge is 0.313 e. The molecule has 126 valence electrons. The van der Waals surface area contributed by atoms with Crippen molar-refractivity contribution in [2.75, 3.05) is 11.5 Å². The Morgan fingerprint density at radius 2 is 1.25 bits per heavy atom. The molecule has 0 aliphatic heterocycles. The van der Waals surface area contributed by atoms with Crippen molar-refractivity contribution in [1.82, 2.24) is 9.97 Å². The summed E-state index contributed by atoms with van der Waals surface area (Å²) in [4.78, 5) is 30.9. The first-order valence-corrected chi connectivity index (χ1v) is 9.60. The van der Waals surface area contributed by atoms with Gasteiger partial charge in [-0.15, -0.1) is 0 Å². The third kappa shape index (κ3) is 5.24. The number of pyridine rings is 2. The van der Waals surface area contributed by atoms with Gasteiger partial charge in [0.2, 0.25) is 0 Å². The van der Waals surface area contributed by atoms with E-state index in [4.69, 9.17) is 0 Å². The number of carboxylic acid groups (broad SMARTS) is 2. The molecule has 2 unspecified atom stereocenters. The maximum atomic E-state index is 11.4. The predicted octanol–water partition coefficient (Wildman–Crippen LogP) is 2.89. The molecule has 0 fully saturated rings. The van der Waals surface area contributed by atoms with E-state index in [1.54, 1.807) is 48.8 Å². The van der Waals surface area contributed by atoms with Gasteiger partial charge in [0, 0.05) is 23.9 Å². The minimum atomic E-state index is -0.943. The number of aliphatic carboxylic acids is 2. The molecule has 2 rings (SSSR count). The van der Waals surface area contributed by atoms with E-state index in [1.165, 1.54) is 21.6 Å². The molecule has 0 aliphatic carbocycles. The van der Waals surface area contributed by atoms with Gasteiger partial charge in [-0.3, -0.25) is 19.6 Å². The zero-order chi connectivity index (χ0) is 17.4. The van der Waals surface area contributed by atoms with Crippen molar-refractivity contribution in [2.24, 2.45) is 0 Å². The minimum absolute atomic E-state index is 0.311. The van der Waals surface area contributed by atoms with Crippen LogP contribution in [0.25, 0.3) is 0 Å². The first kappa shape index (κ1) is 18.3. The first-order chi connectivity index (χ1) is 11.6. The predicted molar refractivity (Wildman–Crippen MR) is 94.1 cm³/mol. The van der Waals surface area contributed by atoms with Crippen LogP contribution in [0, 0.1) is 0 Å². The molecular formula is C16H16N2O4S2. The molecule has 8 heteroatoms. The van der Waals surface area contributed by atoms with Crippen LogP contribution < -0.4 is 0 Å². The van der Waals surface area contributed by atoms with Crippen LogP contribution in [-0.4, -0.2) is 43.6 Å². The summed E-state index contributed by atoms with van der Waals surface area (Å²) in [6.45, 7) is 0. The molecule has 0 bridgehead atoms. The Morgan fingerprint density at radius 3 is 1.54 bits per heavy atom. The van der Waals surface area contributed by atoms with Crippen molar-refractivity contribution in [3.8, 4) is 0 Å². The maximum absolute atomic E-state index is 11.4. The second-order valence-electron chi connectivity index (χ2n) is 4.86. The van der Waals surface area contributed by atoms with Crippen LogP contribution >= 0.6 is 21.6 Å². The lowest BCUT2D eigenvalue weighted by atomic mass is 10.1. The lowest BCUT2D eigenvalue weighted by molar-refractivity contribution is -0.139. The molecule has 2 N–H and O–H groups in total. The lowest BCUT2D eigenvalue weighted by Crippen LogP contribution is -2.16. The SMILES string of the molecule is O=C(O)C(CSSCC(C(=O)O)c1ccccn1)c1ccccn1. The maximum Gasteiger partial charge on any atom is 0.313 e. The average molecular weight is 364 g/mol. The summed E-state index contributed by atoms with van der Waals surface area (Å²) in [5.41, 5.74) is 0.996. The van der Waals surface area contributed by atoms with Crippen LogP contribution in [0.1, 0.15) is 23.2 Å². The molecular weight excluding hydrogens is 348 g/mol. The molecule has 6 nitrogen and oxygen atoms in total. The van der Waals surface area contributed by atoms with Gasteiger partial charge < -0.3 is 10.2 Å². The van der Waals surface area contributed by atoms with Gasteiger partial charge >= 0.3 is 11.9 Å². The zero-order valence-electron chi connectivity index (χ0n) is 12.6. The highest BCUT2D eigenvalue weighted by Gasteiger charge is 2.24. The molecule has 0 amide bonds. The van der Waals surface area contributed by atoms with Gasteiger partial charge in [0.05, 0.1) is 11.4 Å². The van der Waals surface area contributed by atoms with Crippen LogP contribution in [0.15, 0.2) is 48.8 Å². The number of hydrogen-bond acceptors (Lipinski definition) is 6. The first-order valence-electron chi connectivity index (χ1n) is 7.11. The standard InChI is InChI=1S/C16H16N2O4S2/c19-15(20)11(13-5-1-3-7-17-13)9-23-24-10-12(16(21)22)14-6-2-4-8-18-14/h1-8,11-12H,9-10H2,(H,19,20)(H,21,22). The Balaban J connectivity index is 1.90. The third-order valence-corrected chi connectivity index (χ3v) is 5.66. The highest BCUT2D eigenvalue weighted by molar-refractivity contribution is 8.76. The molecule has 0 saturated heterocycles. The average Bonchev–Trinajstić information content (AvgIpc) is 2.59. The summed E-state index contributed by atoms with van der Waals surface area (Å²) in [6.07, 6.45) is 3.12. The summed E-state index contributed by atoms with van der Waals surface area (Å²) < 4.78 is 0. The van der Waals surface area contributed by atoms with E-state index in [9.17, 15) is 19.8 Å². The van der Waals surface area contributed by atoms with Gasteiger partial charge in [-0.25, -0.2) is 0 Å². The molecule has 0 saturated carbocycles. The zero-order valence-corrected chi connectivity index (χ0v) is 14.2. The number of carboxylic acids is 2. The Morgan fingerprint density at radius 1 is 0.833 bits per heavy atom. The van der Waals surface area contributed by atoms with Crippen molar-refractivity contribution in [3.63, 3.8) is 0 Å². The lowest BCUT2D eigenvalue weighted by Gasteiger charge is -2.13. The van der Waals surface area contributed by atoms with Crippen molar-refractivity contribution in [1.29, 1.82) is 0 Å². The Bertz CT molecular complexity index is 611. The Labute approximate surface area is 147 Å². The van der Waals surface area contributed by atoms with E-state index >= 15 is 0 Å². The van der Waals surface area contributed by atoms with Gasteiger partial charge in [0.15, 0.2) is 0 Å². The van der Waals surface area contributed by atoms with E-state index in [0.29, 0.717) is 22.9 Å². The number of rotatable bonds is 9. The molecule has 2 aromatic heterocycles. The van der Waals surface area contributed by atoms with Crippen LogP contribution in [0.2, 0.25) is 0 Å². The number of hydrogen-bond donors (Lipinski definition) is 2. The van der Waals surface area contributed by atoms with E-state index in [-0.39, 0.29) is 0 Å². The summed E-state index contributed by atoms with van der Waals surface area (Å²) in [5, 5.41) is 18.7. The van der Waals surface area contributed by atoms with Crippen molar-refractivity contribution < 1.29 is 19.8 Å². The topological polar surface area (TPSA) is 100 Å². The van der Waals surface area contributed by atoms with Crippen LogP contribution in [0.4, 0.5) is 0 Å².